The number of rotatable bonds is 6. The van der Waals surface area contributed by atoms with Gasteiger partial charge in [-0.3, -0.25) is 0 Å². The van der Waals surface area contributed by atoms with Gasteiger partial charge in [0.1, 0.15) is 0 Å². The third-order valence-corrected chi connectivity index (χ3v) is 3.23. The molecule has 0 heterocycles. The highest BCUT2D eigenvalue weighted by Crippen LogP contribution is 2.30. The van der Waals surface area contributed by atoms with E-state index < -0.39 is 0 Å². The van der Waals surface area contributed by atoms with Gasteiger partial charge < -0.3 is 10.1 Å². The maximum Gasteiger partial charge on any atom is 0.0741 e. The molecule has 2 heteroatoms. The van der Waals surface area contributed by atoms with Crippen LogP contribution in [0.4, 0.5) is 0 Å². The quantitative estimate of drug-likeness (QED) is 0.794. The Labute approximate surface area is 98.0 Å². The van der Waals surface area contributed by atoms with Crippen LogP contribution in [0, 0.1) is 5.92 Å². The lowest BCUT2D eigenvalue weighted by Gasteiger charge is -2.24. The molecule has 1 aliphatic carbocycles. The van der Waals surface area contributed by atoms with Gasteiger partial charge in [-0.05, 0) is 38.3 Å². The Morgan fingerprint density at radius 3 is 2.56 bits per heavy atom. The molecular weight excluding hydrogens is 198 g/mol. The summed E-state index contributed by atoms with van der Waals surface area (Å²) in [5, 5.41) is 3.34. The zero-order valence-electron chi connectivity index (χ0n) is 10.1. The first-order chi connectivity index (χ1) is 7.81. The van der Waals surface area contributed by atoms with Crippen molar-refractivity contribution < 1.29 is 4.74 Å². The summed E-state index contributed by atoms with van der Waals surface area (Å²) < 4.78 is 5.91. The SMILES string of the molecule is CNC(c1ccccc1)C(C)OCC1CC1. The lowest BCUT2D eigenvalue weighted by atomic mass is 10.0. The highest BCUT2D eigenvalue weighted by atomic mass is 16.5. The maximum atomic E-state index is 5.91. The minimum Gasteiger partial charge on any atom is -0.376 e. The average molecular weight is 219 g/mol. The van der Waals surface area contributed by atoms with E-state index in [0.29, 0.717) is 6.04 Å². The third kappa shape index (κ3) is 3.06. The molecule has 1 saturated carbocycles. The van der Waals surface area contributed by atoms with Crippen molar-refractivity contribution in [3.8, 4) is 0 Å². The van der Waals surface area contributed by atoms with Crippen molar-refractivity contribution >= 4 is 0 Å². The predicted molar refractivity (Wildman–Crippen MR) is 66.4 cm³/mol. The molecule has 0 amide bonds. The molecule has 1 aromatic carbocycles. The second-order valence-corrected chi connectivity index (χ2v) is 4.66. The average Bonchev–Trinajstić information content (AvgIpc) is 3.13. The summed E-state index contributed by atoms with van der Waals surface area (Å²) in [6.45, 7) is 3.07. The molecule has 0 aromatic heterocycles. The monoisotopic (exact) mass is 219 g/mol. The fourth-order valence-corrected chi connectivity index (χ4v) is 2.00. The van der Waals surface area contributed by atoms with Crippen molar-refractivity contribution in [1.82, 2.24) is 5.32 Å². The van der Waals surface area contributed by atoms with E-state index in [0.717, 1.165) is 12.5 Å². The van der Waals surface area contributed by atoms with Crippen LogP contribution in [-0.2, 0) is 4.74 Å². The van der Waals surface area contributed by atoms with E-state index in [2.05, 4.69) is 36.5 Å². The molecule has 1 aliphatic rings. The fraction of sp³-hybridized carbons (Fsp3) is 0.571. The molecule has 2 rings (SSSR count). The minimum atomic E-state index is 0.230. The van der Waals surface area contributed by atoms with Gasteiger partial charge in [0.2, 0.25) is 0 Å². The van der Waals surface area contributed by atoms with Crippen molar-refractivity contribution in [3.63, 3.8) is 0 Å². The van der Waals surface area contributed by atoms with Crippen molar-refractivity contribution in [2.24, 2.45) is 5.92 Å². The Kier molecular flexibility index (Phi) is 3.97. The van der Waals surface area contributed by atoms with Crippen LogP contribution in [0.3, 0.4) is 0 Å². The van der Waals surface area contributed by atoms with Crippen LogP contribution < -0.4 is 5.32 Å². The first-order valence-electron chi connectivity index (χ1n) is 6.15. The Hall–Kier alpha value is -0.860. The van der Waals surface area contributed by atoms with Gasteiger partial charge in [-0.1, -0.05) is 30.3 Å². The zero-order chi connectivity index (χ0) is 11.4. The van der Waals surface area contributed by atoms with Gasteiger partial charge in [-0.25, -0.2) is 0 Å². The highest BCUT2D eigenvalue weighted by Gasteiger charge is 2.24. The molecule has 0 saturated heterocycles. The van der Waals surface area contributed by atoms with E-state index in [-0.39, 0.29) is 6.10 Å². The zero-order valence-corrected chi connectivity index (χ0v) is 10.1. The van der Waals surface area contributed by atoms with Crippen molar-refractivity contribution in [3.05, 3.63) is 35.9 Å². The molecular formula is C14H21NO. The summed E-state index contributed by atoms with van der Waals surface area (Å²) in [6, 6.07) is 10.8. The van der Waals surface area contributed by atoms with Gasteiger partial charge in [-0.15, -0.1) is 0 Å². The standard InChI is InChI=1S/C14H21NO/c1-11(16-10-12-8-9-12)14(15-2)13-6-4-3-5-7-13/h3-7,11-12,14-15H,8-10H2,1-2H3. The first-order valence-corrected chi connectivity index (χ1v) is 6.15. The second kappa shape index (κ2) is 5.46. The number of hydrogen-bond donors (Lipinski definition) is 1. The van der Waals surface area contributed by atoms with Gasteiger partial charge >= 0.3 is 0 Å². The van der Waals surface area contributed by atoms with Crippen LogP contribution in [0.5, 0.6) is 0 Å². The van der Waals surface area contributed by atoms with Gasteiger partial charge in [-0.2, -0.15) is 0 Å². The van der Waals surface area contributed by atoms with Crippen LogP contribution >= 0.6 is 0 Å². The predicted octanol–water partition coefficient (Wildman–Crippen LogP) is 2.76. The normalized spacial score (nSPS) is 19.4. The number of ether oxygens (including phenoxy) is 1. The molecule has 1 N–H and O–H groups in total. The molecule has 0 aliphatic heterocycles. The number of hydrogen-bond acceptors (Lipinski definition) is 2. The topological polar surface area (TPSA) is 21.3 Å². The molecule has 2 nitrogen and oxygen atoms in total. The van der Waals surface area contributed by atoms with Crippen LogP contribution in [-0.4, -0.2) is 19.8 Å². The molecule has 1 fully saturated rings. The largest absolute Gasteiger partial charge is 0.376 e. The lowest BCUT2D eigenvalue weighted by Crippen LogP contribution is -2.30. The van der Waals surface area contributed by atoms with E-state index in [9.17, 15) is 0 Å². The van der Waals surface area contributed by atoms with E-state index >= 15 is 0 Å². The summed E-state index contributed by atoms with van der Waals surface area (Å²) in [4.78, 5) is 0. The van der Waals surface area contributed by atoms with Gasteiger partial charge in [0.25, 0.3) is 0 Å². The van der Waals surface area contributed by atoms with Crippen molar-refractivity contribution in [2.75, 3.05) is 13.7 Å². The van der Waals surface area contributed by atoms with Crippen LogP contribution in [0.15, 0.2) is 30.3 Å². The fourth-order valence-electron chi connectivity index (χ4n) is 2.00. The van der Waals surface area contributed by atoms with Gasteiger partial charge in [0, 0.05) is 6.61 Å². The molecule has 0 bridgehead atoms. The Morgan fingerprint density at radius 2 is 2.00 bits per heavy atom. The van der Waals surface area contributed by atoms with Gasteiger partial charge in [0.05, 0.1) is 12.1 Å². The number of benzene rings is 1. The summed E-state index contributed by atoms with van der Waals surface area (Å²) in [5.41, 5.74) is 1.30. The van der Waals surface area contributed by atoms with E-state index in [1.54, 1.807) is 0 Å². The number of likely N-dealkylation sites (N-methyl/N-ethyl adjacent to an activating group) is 1. The minimum absolute atomic E-state index is 0.230. The highest BCUT2D eigenvalue weighted by molar-refractivity contribution is 5.19. The molecule has 0 spiro atoms. The van der Waals surface area contributed by atoms with Crippen LogP contribution in [0.1, 0.15) is 31.4 Å². The molecule has 2 unspecified atom stereocenters. The summed E-state index contributed by atoms with van der Waals surface area (Å²) in [6.07, 6.45) is 2.93. The van der Waals surface area contributed by atoms with Crippen molar-refractivity contribution in [1.29, 1.82) is 0 Å². The molecule has 1 aromatic rings. The van der Waals surface area contributed by atoms with E-state index in [1.165, 1.54) is 18.4 Å². The molecule has 88 valence electrons. The Balaban J connectivity index is 1.92. The second-order valence-electron chi connectivity index (χ2n) is 4.66. The number of nitrogens with one attached hydrogen (secondary N) is 1. The summed E-state index contributed by atoms with van der Waals surface area (Å²) >= 11 is 0. The molecule has 2 atom stereocenters. The Morgan fingerprint density at radius 1 is 1.31 bits per heavy atom. The van der Waals surface area contributed by atoms with E-state index in [4.69, 9.17) is 4.74 Å². The van der Waals surface area contributed by atoms with Crippen LogP contribution in [0.25, 0.3) is 0 Å². The van der Waals surface area contributed by atoms with E-state index in [1.807, 2.05) is 13.1 Å². The Bertz CT molecular complexity index is 308. The first kappa shape index (κ1) is 11.6. The van der Waals surface area contributed by atoms with Crippen LogP contribution in [0.2, 0.25) is 0 Å². The maximum absolute atomic E-state index is 5.91. The summed E-state index contributed by atoms with van der Waals surface area (Å²) in [5.74, 6) is 0.829. The summed E-state index contributed by atoms with van der Waals surface area (Å²) in [7, 11) is 1.99. The molecule has 16 heavy (non-hydrogen) atoms. The smallest absolute Gasteiger partial charge is 0.0741 e. The van der Waals surface area contributed by atoms with Crippen molar-refractivity contribution in [2.45, 2.75) is 31.9 Å². The molecule has 0 radical (unpaired) electrons. The van der Waals surface area contributed by atoms with Gasteiger partial charge in [0.15, 0.2) is 0 Å². The third-order valence-electron chi connectivity index (χ3n) is 3.23. The lowest BCUT2D eigenvalue weighted by molar-refractivity contribution is 0.0337.